The smallest absolute Gasteiger partial charge is 0.0541 e. The van der Waals surface area contributed by atoms with Gasteiger partial charge >= 0.3 is 0 Å². The van der Waals surface area contributed by atoms with Crippen LogP contribution in [0.4, 0.5) is 0 Å². The van der Waals surface area contributed by atoms with Gasteiger partial charge in [0.05, 0.1) is 9.40 Å². The molecule has 0 nitrogen and oxygen atoms in total. The third kappa shape index (κ3) is 1.83. The molecule has 4 rings (SSSR count). The lowest BCUT2D eigenvalue weighted by Gasteiger charge is -1.96. The summed E-state index contributed by atoms with van der Waals surface area (Å²) in [4.78, 5) is 2.86. The van der Waals surface area contributed by atoms with E-state index in [1.807, 2.05) is 22.7 Å². The highest BCUT2D eigenvalue weighted by Gasteiger charge is 2.19. The summed E-state index contributed by atoms with van der Waals surface area (Å²) in [5.74, 6) is 0. The number of fused-ring (bicyclic) bond motifs is 1. The van der Waals surface area contributed by atoms with Gasteiger partial charge in [-0.3, -0.25) is 0 Å². The van der Waals surface area contributed by atoms with Crippen LogP contribution in [0.2, 0.25) is 0 Å². The SMILES string of the molecule is Cc1sc2c(-c3ccsc3)c(C)sc2c1-c1ccsc1. The van der Waals surface area contributed by atoms with E-state index < -0.39 is 0 Å². The zero-order chi connectivity index (χ0) is 13.7. The van der Waals surface area contributed by atoms with E-state index in [1.165, 1.54) is 41.4 Å². The zero-order valence-corrected chi connectivity index (χ0v) is 14.4. The van der Waals surface area contributed by atoms with Crippen LogP contribution in [0.5, 0.6) is 0 Å². The average molecular weight is 333 g/mol. The maximum Gasteiger partial charge on any atom is 0.0541 e. The molecule has 0 unspecified atom stereocenters. The normalized spacial score (nSPS) is 11.5. The lowest BCUT2D eigenvalue weighted by Crippen LogP contribution is -1.71. The van der Waals surface area contributed by atoms with Gasteiger partial charge in [-0.15, -0.1) is 22.7 Å². The highest BCUT2D eigenvalue weighted by molar-refractivity contribution is 7.29. The van der Waals surface area contributed by atoms with E-state index in [-0.39, 0.29) is 0 Å². The molecule has 4 heterocycles. The summed E-state index contributed by atoms with van der Waals surface area (Å²) in [6, 6.07) is 4.47. The van der Waals surface area contributed by atoms with Gasteiger partial charge in [0, 0.05) is 20.9 Å². The Morgan fingerprint density at radius 2 is 1.15 bits per heavy atom. The molecule has 0 aliphatic heterocycles. The second-order valence-corrected chi connectivity index (χ2v) is 8.76. The highest BCUT2D eigenvalue weighted by Crippen LogP contribution is 2.49. The Bertz CT molecular complexity index is 783. The first-order valence-electron chi connectivity index (χ1n) is 6.33. The molecule has 4 aromatic heterocycles. The summed E-state index contributed by atoms with van der Waals surface area (Å²) < 4.78 is 2.93. The molecule has 4 heteroatoms. The minimum Gasteiger partial charge on any atom is -0.152 e. The first kappa shape index (κ1) is 12.8. The minimum atomic E-state index is 1.37. The summed E-state index contributed by atoms with van der Waals surface area (Å²) >= 11 is 7.43. The Balaban J connectivity index is 2.05. The van der Waals surface area contributed by atoms with Crippen LogP contribution in [-0.4, -0.2) is 0 Å². The number of thiophene rings is 4. The fraction of sp³-hybridized carbons (Fsp3) is 0.125. The van der Waals surface area contributed by atoms with Crippen LogP contribution in [0.15, 0.2) is 33.7 Å². The fourth-order valence-electron chi connectivity index (χ4n) is 2.63. The fourth-order valence-corrected chi connectivity index (χ4v) is 6.70. The predicted molar refractivity (Wildman–Crippen MR) is 95.8 cm³/mol. The zero-order valence-electron chi connectivity index (χ0n) is 11.1. The van der Waals surface area contributed by atoms with E-state index in [2.05, 4.69) is 47.5 Å². The van der Waals surface area contributed by atoms with Crippen molar-refractivity contribution < 1.29 is 0 Å². The van der Waals surface area contributed by atoms with Crippen LogP contribution in [-0.2, 0) is 0 Å². The summed E-state index contributed by atoms with van der Waals surface area (Å²) in [7, 11) is 0. The third-order valence-electron chi connectivity index (χ3n) is 3.49. The second-order valence-electron chi connectivity index (χ2n) is 4.75. The van der Waals surface area contributed by atoms with E-state index in [4.69, 9.17) is 0 Å². The van der Waals surface area contributed by atoms with Crippen LogP contribution >= 0.6 is 45.3 Å². The van der Waals surface area contributed by atoms with Gasteiger partial charge in [-0.2, -0.15) is 22.7 Å². The van der Waals surface area contributed by atoms with E-state index >= 15 is 0 Å². The van der Waals surface area contributed by atoms with Crippen molar-refractivity contribution in [3.63, 3.8) is 0 Å². The standard InChI is InChI=1S/C16H12S4/c1-9-13(11-3-5-17-7-11)15-16(19-9)14(10(2)20-15)12-4-6-18-8-12/h3-8H,1-2H3. The molecule has 0 aliphatic rings. The van der Waals surface area contributed by atoms with Crippen molar-refractivity contribution in [2.75, 3.05) is 0 Å². The molecule has 0 saturated heterocycles. The van der Waals surface area contributed by atoms with Crippen LogP contribution < -0.4 is 0 Å². The molecule has 0 amide bonds. The van der Waals surface area contributed by atoms with E-state index in [9.17, 15) is 0 Å². The topological polar surface area (TPSA) is 0 Å². The van der Waals surface area contributed by atoms with E-state index in [0.717, 1.165) is 0 Å². The first-order chi connectivity index (χ1) is 9.75. The van der Waals surface area contributed by atoms with Crippen molar-refractivity contribution >= 4 is 54.7 Å². The molecule has 4 aromatic rings. The van der Waals surface area contributed by atoms with Crippen molar-refractivity contribution in [3.05, 3.63) is 43.4 Å². The molecule has 0 aromatic carbocycles. The molecule has 0 aliphatic carbocycles. The quantitative estimate of drug-likeness (QED) is 0.369. The van der Waals surface area contributed by atoms with Crippen LogP contribution in [0.3, 0.4) is 0 Å². The average Bonchev–Trinajstić information content (AvgIpc) is 3.13. The molecular formula is C16H12S4. The Morgan fingerprint density at radius 1 is 0.700 bits per heavy atom. The van der Waals surface area contributed by atoms with E-state index in [1.54, 1.807) is 22.7 Å². The third-order valence-corrected chi connectivity index (χ3v) is 7.24. The van der Waals surface area contributed by atoms with Crippen molar-refractivity contribution in [3.8, 4) is 22.3 Å². The Hall–Kier alpha value is -0.940. The summed E-state index contributed by atoms with van der Waals surface area (Å²) in [5, 5.41) is 8.85. The number of hydrogen-bond acceptors (Lipinski definition) is 4. The van der Waals surface area contributed by atoms with Gasteiger partial charge in [0.15, 0.2) is 0 Å². The van der Waals surface area contributed by atoms with Gasteiger partial charge in [-0.05, 0) is 58.6 Å². The molecule has 0 spiro atoms. The van der Waals surface area contributed by atoms with Crippen molar-refractivity contribution in [2.24, 2.45) is 0 Å². The van der Waals surface area contributed by atoms with Gasteiger partial charge in [-0.25, -0.2) is 0 Å². The molecule has 0 bridgehead atoms. The summed E-state index contributed by atoms with van der Waals surface area (Å²) in [5.41, 5.74) is 5.63. The van der Waals surface area contributed by atoms with Crippen molar-refractivity contribution in [1.29, 1.82) is 0 Å². The molecule has 0 radical (unpaired) electrons. The van der Waals surface area contributed by atoms with Crippen molar-refractivity contribution in [1.82, 2.24) is 0 Å². The maximum absolute atomic E-state index is 2.26. The second kappa shape index (κ2) is 4.81. The van der Waals surface area contributed by atoms with Gasteiger partial charge in [0.25, 0.3) is 0 Å². The van der Waals surface area contributed by atoms with E-state index in [0.29, 0.717) is 0 Å². The highest BCUT2D eigenvalue weighted by atomic mass is 32.1. The molecule has 0 saturated carbocycles. The van der Waals surface area contributed by atoms with Crippen LogP contribution in [0.25, 0.3) is 31.7 Å². The molecule has 20 heavy (non-hydrogen) atoms. The monoisotopic (exact) mass is 332 g/mol. The maximum atomic E-state index is 2.26. The summed E-state index contributed by atoms with van der Waals surface area (Å²) in [6.45, 7) is 4.49. The number of rotatable bonds is 2. The molecule has 100 valence electrons. The Labute approximate surface area is 134 Å². The Kier molecular flexibility index (Phi) is 3.07. The lowest BCUT2D eigenvalue weighted by molar-refractivity contribution is 1.63. The first-order valence-corrected chi connectivity index (χ1v) is 9.85. The van der Waals surface area contributed by atoms with Gasteiger partial charge in [-0.1, -0.05) is 0 Å². The van der Waals surface area contributed by atoms with Gasteiger partial charge in [0.2, 0.25) is 0 Å². The number of hydrogen-bond donors (Lipinski definition) is 0. The predicted octanol–water partition coefficient (Wildman–Crippen LogP) is 7.04. The summed E-state index contributed by atoms with van der Waals surface area (Å²) in [6.07, 6.45) is 0. The van der Waals surface area contributed by atoms with Gasteiger partial charge < -0.3 is 0 Å². The molecular weight excluding hydrogens is 320 g/mol. The molecule has 0 fully saturated rings. The number of aryl methyl sites for hydroxylation is 2. The van der Waals surface area contributed by atoms with Gasteiger partial charge in [0.1, 0.15) is 0 Å². The van der Waals surface area contributed by atoms with Crippen molar-refractivity contribution in [2.45, 2.75) is 13.8 Å². The van der Waals surface area contributed by atoms with Crippen LogP contribution in [0, 0.1) is 13.8 Å². The van der Waals surface area contributed by atoms with Crippen LogP contribution in [0.1, 0.15) is 9.75 Å². The lowest BCUT2D eigenvalue weighted by atomic mass is 10.1. The minimum absolute atomic E-state index is 1.37. The molecule has 0 N–H and O–H groups in total. The largest absolute Gasteiger partial charge is 0.152 e. The molecule has 0 atom stereocenters. The Morgan fingerprint density at radius 3 is 1.50 bits per heavy atom.